The Labute approximate surface area is 60.7 Å². The highest BCUT2D eigenvalue weighted by molar-refractivity contribution is 5.00. The number of hydrogen-bond donors (Lipinski definition) is 1. The number of rotatable bonds is 3. The molecule has 10 heavy (non-hydrogen) atoms. The van der Waals surface area contributed by atoms with Crippen LogP contribution < -0.4 is 0 Å². The molecule has 0 heterocycles. The average Bonchev–Trinajstić information content (AvgIpc) is 1.87. The third kappa shape index (κ3) is 3.35. The minimum absolute atomic E-state index is 0.136. The molecular formula is C7H13NO2. The van der Waals surface area contributed by atoms with Crippen LogP contribution in [0.2, 0.25) is 0 Å². The summed E-state index contributed by atoms with van der Waals surface area (Å²) in [5.41, 5.74) is 0.334. The molecule has 0 fully saturated rings. The number of hydrogen-bond acceptors (Lipinski definition) is 3. The summed E-state index contributed by atoms with van der Waals surface area (Å²) < 4.78 is 0. The van der Waals surface area contributed by atoms with Gasteiger partial charge in [0.1, 0.15) is 0 Å². The molecule has 0 aliphatic heterocycles. The number of nitroso groups, excluding NO2 is 1. The van der Waals surface area contributed by atoms with Gasteiger partial charge in [0.15, 0.2) is 0 Å². The first-order valence-electron chi connectivity index (χ1n) is 3.27. The van der Waals surface area contributed by atoms with E-state index in [2.05, 4.69) is 5.18 Å². The number of allylic oxidation sites excluding steroid dienone is 1. The van der Waals surface area contributed by atoms with Crippen LogP contribution in [0.1, 0.15) is 20.8 Å². The summed E-state index contributed by atoms with van der Waals surface area (Å²) >= 11 is 0. The predicted molar refractivity (Wildman–Crippen MR) is 40.4 cm³/mol. The Bertz CT molecular complexity index is 141. The second kappa shape index (κ2) is 4.17. The van der Waals surface area contributed by atoms with Crippen LogP contribution in [-0.2, 0) is 0 Å². The molecule has 58 valence electrons. The van der Waals surface area contributed by atoms with E-state index >= 15 is 0 Å². The van der Waals surface area contributed by atoms with Gasteiger partial charge in [0, 0.05) is 0 Å². The van der Waals surface area contributed by atoms with E-state index in [1.807, 2.05) is 13.8 Å². The third-order valence-corrected chi connectivity index (χ3v) is 1.24. The van der Waals surface area contributed by atoms with Gasteiger partial charge >= 0.3 is 0 Å². The molecule has 0 spiro atoms. The maximum absolute atomic E-state index is 9.83. The van der Waals surface area contributed by atoms with Crippen LogP contribution in [0.15, 0.2) is 16.9 Å². The number of aliphatic hydroxyl groups is 1. The minimum atomic E-state index is -0.558. The van der Waals surface area contributed by atoms with E-state index in [1.165, 1.54) is 6.08 Å². The highest BCUT2D eigenvalue weighted by atomic mass is 16.3. The molecule has 0 saturated heterocycles. The van der Waals surface area contributed by atoms with Crippen molar-refractivity contribution in [2.75, 3.05) is 0 Å². The lowest BCUT2D eigenvalue weighted by Gasteiger charge is -2.08. The van der Waals surface area contributed by atoms with E-state index in [1.54, 1.807) is 6.92 Å². The summed E-state index contributed by atoms with van der Waals surface area (Å²) in [7, 11) is 0. The van der Waals surface area contributed by atoms with Gasteiger partial charge in [0.05, 0.1) is 11.8 Å². The quantitative estimate of drug-likeness (QED) is 0.611. The topological polar surface area (TPSA) is 49.7 Å². The van der Waals surface area contributed by atoms with Crippen LogP contribution in [0.5, 0.6) is 0 Å². The molecule has 0 aliphatic rings. The summed E-state index contributed by atoms with van der Waals surface area (Å²) in [6.45, 7) is 5.32. The fourth-order valence-electron chi connectivity index (χ4n) is 0.470. The first kappa shape index (κ1) is 9.30. The lowest BCUT2D eigenvalue weighted by molar-refractivity contribution is 0.171. The molecule has 0 bridgehead atoms. The van der Waals surface area contributed by atoms with Crippen molar-refractivity contribution < 1.29 is 5.11 Å². The van der Waals surface area contributed by atoms with Crippen molar-refractivity contribution in [3.63, 3.8) is 0 Å². The highest BCUT2D eigenvalue weighted by Crippen LogP contribution is 2.05. The molecule has 1 unspecified atom stereocenters. The van der Waals surface area contributed by atoms with Gasteiger partial charge in [-0.25, -0.2) is 0 Å². The van der Waals surface area contributed by atoms with E-state index < -0.39 is 6.10 Å². The first-order chi connectivity index (χ1) is 4.57. The molecule has 0 aromatic rings. The largest absolute Gasteiger partial charge is 0.389 e. The molecule has 1 atom stereocenters. The highest BCUT2D eigenvalue weighted by Gasteiger charge is 2.05. The van der Waals surface area contributed by atoms with Crippen molar-refractivity contribution in [3.05, 3.63) is 16.7 Å². The van der Waals surface area contributed by atoms with E-state index in [0.29, 0.717) is 5.70 Å². The van der Waals surface area contributed by atoms with Crippen molar-refractivity contribution in [2.24, 2.45) is 11.1 Å². The molecule has 0 aliphatic carbocycles. The zero-order chi connectivity index (χ0) is 8.15. The molecule has 1 N–H and O–H groups in total. The standard InChI is InChI=1S/C7H13NO2/c1-5(2)7(9)4-6(3)8-10/h4-5,7,9H,1-3H3/b6-4+. The Morgan fingerprint density at radius 2 is 2.10 bits per heavy atom. The van der Waals surface area contributed by atoms with Crippen molar-refractivity contribution in [1.82, 2.24) is 0 Å². The number of nitrogens with zero attached hydrogens (tertiary/aromatic N) is 1. The summed E-state index contributed by atoms with van der Waals surface area (Å²) in [5.74, 6) is 0.136. The Kier molecular flexibility index (Phi) is 3.88. The Morgan fingerprint density at radius 3 is 2.40 bits per heavy atom. The normalized spacial score (nSPS) is 15.5. The average molecular weight is 143 g/mol. The van der Waals surface area contributed by atoms with Gasteiger partial charge < -0.3 is 5.11 Å². The second-order valence-electron chi connectivity index (χ2n) is 2.63. The van der Waals surface area contributed by atoms with Gasteiger partial charge in [0.2, 0.25) is 0 Å². The summed E-state index contributed by atoms with van der Waals surface area (Å²) in [5, 5.41) is 11.8. The van der Waals surface area contributed by atoms with Crippen LogP contribution in [0.3, 0.4) is 0 Å². The maximum atomic E-state index is 9.83. The molecular weight excluding hydrogens is 130 g/mol. The smallest absolute Gasteiger partial charge is 0.0804 e. The van der Waals surface area contributed by atoms with Crippen LogP contribution in [0, 0.1) is 10.8 Å². The Hall–Kier alpha value is -0.700. The van der Waals surface area contributed by atoms with Crippen LogP contribution in [-0.4, -0.2) is 11.2 Å². The molecule has 0 aromatic carbocycles. The van der Waals surface area contributed by atoms with Gasteiger partial charge in [-0.15, -0.1) is 4.91 Å². The fourth-order valence-corrected chi connectivity index (χ4v) is 0.470. The van der Waals surface area contributed by atoms with E-state index in [4.69, 9.17) is 5.11 Å². The molecule has 3 nitrogen and oxygen atoms in total. The third-order valence-electron chi connectivity index (χ3n) is 1.24. The first-order valence-corrected chi connectivity index (χ1v) is 3.27. The van der Waals surface area contributed by atoms with Gasteiger partial charge in [-0.2, -0.15) is 0 Å². The zero-order valence-electron chi connectivity index (χ0n) is 6.53. The molecule has 0 rings (SSSR count). The summed E-state index contributed by atoms with van der Waals surface area (Å²) in [4.78, 5) is 9.83. The molecule has 0 aromatic heterocycles. The zero-order valence-corrected chi connectivity index (χ0v) is 6.53. The van der Waals surface area contributed by atoms with Crippen molar-refractivity contribution >= 4 is 0 Å². The predicted octanol–water partition coefficient (Wildman–Crippen LogP) is 1.67. The molecule has 3 heteroatoms. The van der Waals surface area contributed by atoms with Crippen molar-refractivity contribution in [1.29, 1.82) is 0 Å². The van der Waals surface area contributed by atoms with Crippen molar-refractivity contribution in [2.45, 2.75) is 26.9 Å². The van der Waals surface area contributed by atoms with E-state index in [9.17, 15) is 4.91 Å². The summed E-state index contributed by atoms with van der Waals surface area (Å²) in [6, 6.07) is 0. The van der Waals surface area contributed by atoms with Crippen molar-refractivity contribution in [3.8, 4) is 0 Å². The molecule has 0 radical (unpaired) electrons. The van der Waals surface area contributed by atoms with Gasteiger partial charge in [-0.3, -0.25) is 0 Å². The second-order valence-corrected chi connectivity index (χ2v) is 2.63. The Morgan fingerprint density at radius 1 is 1.60 bits per heavy atom. The lowest BCUT2D eigenvalue weighted by Crippen LogP contribution is -2.11. The van der Waals surface area contributed by atoms with Crippen LogP contribution >= 0.6 is 0 Å². The van der Waals surface area contributed by atoms with Crippen LogP contribution in [0.25, 0.3) is 0 Å². The molecule has 0 saturated carbocycles. The summed E-state index contributed by atoms with van der Waals surface area (Å²) in [6.07, 6.45) is 0.898. The van der Waals surface area contributed by atoms with Gasteiger partial charge in [0.25, 0.3) is 0 Å². The molecule has 0 amide bonds. The van der Waals surface area contributed by atoms with Gasteiger partial charge in [-0.1, -0.05) is 13.8 Å². The SMILES string of the molecule is C/C(=C\C(O)C(C)C)N=O. The monoisotopic (exact) mass is 143 g/mol. The number of aliphatic hydroxyl groups excluding tert-OH is 1. The van der Waals surface area contributed by atoms with E-state index in [0.717, 1.165) is 0 Å². The maximum Gasteiger partial charge on any atom is 0.0804 e. The van der Waals surface area contributed by atoms with E-state index in [-0.39, 0.29) is 5.92 Å². The van der Waals surface area contributed by atoms with Gasteiger partial charge in [-0.05, 0) is 24.1 Å². The lowest BCUT2D eigenvalue weighted by atomic mass is 10.1. The van der Waals surface area contributed by atoms with Crippen LogP contribution in [0.4, 0.5) is 0 Å². The minimum Gasteiger partial charge on any atom is -0.389 e. The fraction of sp³-hybridized carbons (Fsp3) is 0.714. The Balaban J connectivity index is 3.98.